The van der Waals surface area contributed by atoms with Crippen LogP contribution in [-0.4, -0.2) is 21.0 Å². The zero-order chi connectivity index (χ0) is 17.6. The van der Waals surface area contributed by atoms with Crippen LogP contribution in [0.1, 0.15) is 36.2 Å². The minimum atomic E-state index is -3.70. The first-order valence-electron chi connectivity index (χ1n) is 7.85. The number of carbonyl (C=O) groups is 1. The van der Waals surface area contributed by atoms with Crippen molar-refractivity contribution < 1.29 is 17.9 Å². The maximum atomic E-state index is 12.5. The first-order valence-corrected chi connectivity index (χ1v) is 9.33. The molecule has 6 heteroatoms. The first kappa shape index (κ1) is 18.0. The van der Waals surface area contributed by atoms with Gasteiger partial charge in [-0.2, -0.15) is 0 Å². The highest BCUT2D eigenvalue weighted by Crippen LogP contribution is 2.18. The largest absolute Gasteiger partial charge is 0.462 e. The van der Waals surface area contributed by atoms with E-state index >= 15 is 0 Å². The van der Waals surface area contributed by atoms with Crippen LogP contribution < -0.4 is 4.72 Å². The van der Waals surface area contributed by atoms with E-state index in [1.807, 2.05) is 12.1 Å². The maximum absolute atomic E-state index is 12.5. The van der Waals surface area contributed by atoms with Crippen molar-refractivity contribution in [2.45, 2.75) is 31.6 Å². The topological polar surface area (TPSA) is 72.5 Å². The molecule has 0 radical (unpaired) electrons. The van der Waals surface area contributed by atoms with Gasteiger partial charge in [-0.05, 0) is 49.2 Å². The van der Waals surface area contributed by atoms with Crippen molar-refractivity contribution >= 4 is 21.7 Å². The molecule has 0 heterocycles. The van der Waals surface area contributed by atoms with Crippen LogP contribution in [0.5, 0.6) is 0 Å². The second-order valence-corrected chi connectivity index (χ2v) is 6.98. The van der Waals surface area contributed by atoms with Crippen LogP contribution >= 0.6 is 0 Å². The molecule has 2 rings (SSSR count). The second-order valence-electron chi connectivity index (χ2n) is 5.30. The number of hydrogen-bond acceptors (Lipinski definition) is 4. The molecule has 0 unspecified atom stereocenters. The van der Waals surface area contributed by atoms with E-state index < -0.39 is 16.0 Å². The van der Waals surface area contributed by atoms with Crippen molar-refractivity contribution in [2.75, 3.05) is 11.3 Å². The van der Waals surface area contributed by atoms with Crippen molar-refractivity contribution in [3.63, 3.8) is 0 Å². The molecule has 0 aliphatic carbocycles. The first-order chi connectivity index (χ1) is 11.5. The fourth-order valence-corrected chi connectivity index (χ4v) is 3.31. The zero-order valence-corrected chi connectivity index (χ0v) is 14.6. The predicted molar refractivity (Wildman–Crippen MR) is 93.6 cm³/mol. The van der Waals surface area contributed by atoms with Crippen LogP contribution in [0.3, 0.4) is 0 Å². The Balaban J connectivity index is 2.19. The minimum absolute atomic E-state index is 0.184. The van der Waals surface area contributed by atoms with Gasteiger partial charge in [-0.1, -0.05) is 31.5 Å². The van der Waals surface area contributed by atoms with Gasteiger partial charge in [0.15, 0.2) is 0 Å². The van der Waals surface area contributed by atoms with Crippen molar-refractivity contribution in [3.05, 3.63) is 59.7 Å². The monoisotopic (exact) mass is 347 g/mol. The molecule has 0 saturated carbocycles. The van der Waals surface area contributed by atoms with Crippen molar-refractivity contribution in [1.29, 1.82) is 0 Å². The SMILES string of the molecule is CCCc1ccc(S(=O)(=O)Nc2cccc(C(=O)OCC)c2)cc1. The highest BCUT2D eigenvalue weighted by atomic mass is 32.2. The lowest BCUT2D eigenvalue weighted by atomic mass is 10.1. The number of ether oxygens (including phenoxy) is 1. The highest BCUT2D eigenvalue weighted by molar-refractivity contribution is 7.92. The van der Waals surface area contributed by atoms with Gasteiger partial charge in [0.1, 0.15) is 0 Å². The quantitative estimate of drug-likeness (QED) is 0.777. The second kappa shape index (κ2) is 7.97. The van der Waals surface area contributed by atoms with Crippen LogP contribution in [0.4, 0.5) is 5.69 Å². The van der Waals surface area contributed by atoms with E-state index in [9.17, 15) is 13.2 Å². The number of esters is 1. The summed E-state index contributed by atoms with van der Waals surface area (Å²) in [5, 5.41) is 0. The Morgan fingerprint density at radius 3 is 2.42 bits per heavy atom. The van der Waals surface area contributed by atoms with Gasteiger partial charge in [0.2, 0.25) is 0 Å². The van der Waals surface area contributed by atoms with Crippen molar-refractivity contribution in [1.82, 2.24) is 0 Å². The van der Waals surface area contributed by atoms with Gasteiger partial charge in [0.05, 0.1) is 17.1 Å². The lowest BCUT2D eigenvalue weighted by Crippen LogP contribution is -2.13. The summed E-state index contributed by atoms with van der Waals surface area (Å²) in [7, 11) is -3.70. The lowest BCUT2D eigenvalue weighted by molar-refractivity contribution is 0.0526. The van der Waals surface area contributed by atoms with E-state index in [2.05, 4.69) is 11.6 Å². The molecule has 0 aliphatic heterocycles. The number of rotatable bonds is 7. The molecule has 0 atom stereocenters. The van der Waals surface area contributed by atoms with Gasteiger partial charge in [-0.25, -0.2) is 13.2 Å². The molecule has 0 aromatic heterocycles. The average Bonchev–Trinajstić information content (AvgIpc) is 2.56. The third-order valence-electron chi connectivity index (χ3n) is 3.40. The molecule has 0 saturated heterocycles. The van der Waals surface area contributed by atoms with E-state index in [0.29, 0.717) is 11.3 Å². The molecule has 2 aromatic rings. The summed E-state index contributed by atoms with van der Waals surface area (Å²) in [6, 6.07) is 13.0. The predicted octanol–water partition coefficient (Wildman–Crippen LogP) is 3.62. The summed E-state index contributed by atoms with van der Waals surface area (Å²) in [6.07, 6.45) is 1.92. The molecule has 0 spiro atoms. The summed E-state index contributed by atoms with van der Waals surface area (Å²) in [6.45, 7) is 4.05. The van der Waals surface area contributed by atoms with E-state index in [0.717, 1.165) is 18.4 Å². The molecule has 0 bridgehead atoms. The summed E-state index contributed by atoms with van der Waals surface area (Å²) >= 11 is 0. The summed E-state index contributed by atoms with van der Waals surface area (Å²) in [4.78, 5) is 11.9. The van der Waals surface area contributed by atoms with Gasteiger partial charge < -0.3 is 4.74 Å². The average molecular weight is 347 g/mol. The smallest absolute Gasteiger partial charge is 0.338 e. The van der Waals surface area contributed by atoms with Crippen LogP contribution in [0.2, 0.25) is 0 Å². The number of anilines is 1. The molecule has 0 aliphatic rings. The summed E-state index contributed by atoms with van der Waals surface area (Å²) in [5.41, 5.74) is 1.72. The highest BCUT2D eigenvalue weighted by Gasteiger charge is 2.15. The Hall–Kier alpha value is -2.34. The van der Waals surface area contributed by atoms with Gasteiger partial charge in [0.25, 0.3) is 10.0 Å². The molecular formula is C18H21NO4S. The number of aryl methyl sites for hydroxylation is 1. The molecule has 1 N–H and O–H groups in total. The minimum Gasteiger partial charge on any atom is -0.462 e. The third-order valence-corrected chi connectivity index (χ3v) is 4.80. The molecular weight excluding hydrogens is 326 g/mol. The fourth-order valence-electron chi connectivity index (χ4n) is 2.26. The van der Waals surface area contributed by atoms with Gasteiger partial charge in [-0.3, -0.25) is 4.72 Å². The van der Waals surface area contributed by atoms with E-state index in [-0.39, 0.29) is 11.5 Å². The van der Waals surface area contributed by atoms with E-state index in [1.165, 1.54) is 6.07 Å². The Morgan fingerprint density at radius 2 is 1.79 bits per heavy atom. The molecule has 2 aromatic carbocycles. The number of carbonyl (C=O) groups excluding carboxylic acids is 1. The van der Waals surface area contributed by atoms with Crippen molar-refractivity contribution in [3.8, 4) is 0 Å². The molecule has 24 heavy (non-hydrogen) atoms. The van der Waals surface area contributed by atoms with Gasteiger partial charge >= 0.3 is 5.97 Å². The van der Waals surface area contributed by atoms with Crippen molar-refractivity contribution in [2.24, 2.45) is 0 Å². The Kier molecular flexibility index (Phi) is 5.98. The van der Waals surface area contributed by atoms with E-state index in [1.54, 1.807) is 37.3 Å². The Morgan fingerprint density at radius 1 is 1.08 bits per heavy atom. The number of hydrogen-bond donors (Lipinski definition) is 1. The number of benzene rings is 2. The van der Waals surface area contributed by atoms with E-state index in [4.69, 9.17) is 4.74 Å². The maximum Gasteiger partial charge on any atom is 0.338 e. The third kappa shape index (κ3) is 4.58. The van der Waals surface area contributed by atoms with Crippen LogP contribution in [0.25, 0.3) is 0 Å². The molecule has 5 nitrogen and oxygen atoms in total. The molecule has 0 fully saturated rings. The van der Waals surface area contributed by atoms with Crippen LogP contribution in [0, 0.1) is 0 Å². The normalized spacial score (nSPS) is 11.1. The standard InChI is InChI=1S/C18H21NO4S/c1-3-6-14-9-11-17(12-10-14)24(21,22)19-16-8-5-7-15(13-16)18(20)23-4-2/h5,7-13,19H,3-4,6H2,1-2H3. The fraction of sp³-hybridized carbons (Fsp3) is 0.278. The van der Waals surface area contributed by atoms with Crippen LogP contribution in [0.15, 0.2) is 53.4 Å². The summed E-state index contributed by atoms with van der Waals surface area (Å²) in [5.74, 6) is -0.484. The Labute approximate surface area is 142 Å². The van der Waals surface area contributed by atoms with Gasteiger partial charge in [0, 0.05) is 5.69 Å². The van der Waals surface area contributed by atoms with Crippen LogP contribution in [-0.2, 0) is 21.2 Å². The number of sulfonamides is 1. The number of nitrogens with one attached hydrogen (secondary N) is 1. The molecule has 0 amide bonds. The summed E-state index contributed by atoms with van der Waals surface area (Å²) < 4.78 is 32.3. The lowest BCUT2D eigenvalue weighted by Gasteiger charge is -2.10. The van der Waals surface area contributed by atoms with Gasteiger partial charge in [-0.15, -0.1) is 0 Å². The molecule has 128 valence electrons. The Bertz CT molecular complexity index is 798. The zero-order valence-electron chi connectivity index (χ0n) is 13.8.